The van der Waals surface area contributed by atoms with Crippen molar-refractivity contribution in [3.8, 4) is 33.8 Å². The highest BCUT2D eigenvalue weighted by Gasteiger charge is 2.57. The maximum absolute atomic E-state index is 13.6. The van der Waals surface area contributed by atoms with Crippen LogP contribution in [0.4, 0.5) is 20.2 Å². The van der Waals surface area contributed by atoms with Crippen molar-refractivity contribution in [2.75, 3.05) is 34.5 Å². The van der Waals surface area contributed by atoms with Gasteiger partial charge in [-0.15, -0.1) is 0 Å². The second kappa shape index (κ2) is 28.3. The fourth-order valence-corrected chi connectivity index (χ4v) is 15.5. The molecular formula is C70H64F2N2O19S2. The van der Waals surface area contributed by atoms with Gasteiger partial charge in [0.2, 0.25) is 11.8 Å². The van der Waals surface area contributed by atoms with E-state index >= 15 is 0 Å². The third-order valence-electron chi connectivity index (χ3n) is 17.4. The number of carbonyl (C=O) groups is 4. The van der Waals surface area contributed by atoms with Crippen LogP contribution in [-0.4, -0.2) is 171 Å². The number of nitrogens with zero attached hydrogens (tertiary/aromatic N) is 2. The first-order valence-corrected chi connectivity index (χ1v) is 33.0. The summed E-state index contributed by atoms with van der Waals surface area (Å²) in [4.78, 5) is 55.3. The number of anilines is 2. The lowest BCUT2D eigenvalue weighted by Gasteiger charge is -2.46. The number of aromatic hydroxyl groups is 2. The molecule has 2 amide bonds. The lowest BCUT2D eigenvalue weighted by atomic mass is 9.89. The van der Waals surface area contributed by atoms with Gasteiger partial charge in [-0.3, -0.25) is 23.4 Å². The predicted octanol–water partition coefficient (Wildman–Crippen LogP) is 5.27. The summed E-state index contributed by atoms with van der Waals surface area (Å²) in [6.07, 6.45) is -13.0. The summed E-state index contributed by atoms with van der Waals surface area (Å²) >= 11 is 0. The topological polar surface area (TPSA) is 347 Å². The zero-order chi connectivity index (χ0) is 67.7. The van der Waals surface area contributed by atoms with Gasteiger partial charge in [-0.2, -0.15) is 0 Å². The number of aliphatic hydroxyl groups excluding tert-OH is 8. The number of phenols is 2. The molecule has 8 aromatic rings. The van der Waals surface area contributed by atoms with Crippen molar-refractivity contribution in [3.63, 3.8) is 0 Å². The zero-order valence-electron chi connectivity index (χ0n) is 50.0. The van der Waals surface area contributed by atoms with Gasteiger partial charge in [0.25, 0.3) is 0 Å². The summed E-state index contributed by atoms with van der Waals surface area (Å²) in [5.41, 5.74) is 4.95. The molecule has 3 unspecified atom stereocenters. The van der Waals surface area contributed by atoms with Crippen LogP contribution in [0, 0.1) is 11.6 Å². The van der Waals surface area contributed by atoms with E-state index < -0.39 is 164 Å². The molecule has 8 aromatic carbocycles. The number of sulfone groups is 1. The number of para-hydroxylation sites is 2. The second-order valence-electron chi connectivity index (χ2n) is 23.3. The van der Waals surface area contributed by atoms with Crippen LogP contribution in [0.5, 0.6) is 11.5 Å². The van der Waals surface area contributed by atoms with Crippen LogP contribution >= 0.6 is 0 Å². The third-order valence-corrected chi connectivity index (χ3v) is 20.9. The number of carbonyl (C=O) groups excluding carboxylic acids is 4. The Morgan fingerprint density at radius 1 is 0.474 bits per heavy atom. The molecule has 0 aliphatic carbocycles. The first-order chi connectivity index (χ1) is 45.5. The van der Waals surface area contributed by atoms with Crippen molar-refractivity contribution in [1.29, 1.82) is 0 Å². The minimum absolute atomic E-state index is 0.0204. The molecule has 4 saturated heterocycles. The van der Waals surface area contributed by atoms with Gasteiger partial charge in [0.05, 0.1) is 31.1 Å². The summed E-state index contributed by atoms with van der Waals surface area (Å²) in [6.45, 7) is -1.11. The van der Waals surface area contributed by atoms with E-state index in [4.69, 9.17) is 9.47 Å². The fraction of sp³-hybridized carbons (Fsp3) is 0.257. The second-order valence-corrected chi connectivity index (χ2v) is 27.0. The van der Waals surface area contributed by atoms with E-state index in [0.29, 0.717) is 50.3 Å². The third kappa shape index (κ3) is 13.6. The van der Waals surface area contributed by atoms with Crippen molar-refractivity contribution >= 4 is 55.4 Å². The standard InChI is InChI=1S/C35H32FNO10S.C35H32FNO9S/c36-23-13-10-20(11-14-23)27(40)18-48(45,46)34-29(37(35(34)44)24-4-2-1-3-5-24)25-15-12-22(16-26(25)39)19-6-8-21(9-7-19)33-32(43)31(42)30(41)28(17-38)47-33;36-23-13-10-20(11-14-23)27(40)18-47(45)34-29(37(35(34)44)24-4-2-1-3-5-24)25-15-12-22(16-26(25)39)19-6-8-21(9-7-19)33-32(43)31(42)30(41)28(17-38)46-33/h1-16,28-34,38-39,41-43H,17-18H2;1-16,28-34,38-39,41-43H,17-18H2/t28-,29-,30-,31+,32-,33?,34-;28-,29-,30-,31+,32-,33?,34-,47?/m11/s1. The Bertz CT molecular complexity index is 4250. The van der Waals surface area contributed by atoms with Crippen molar-refractivity contribution in [3.05, 3.63) is 239 Å². The molecule has 4 aliphatic rings. The van der Waals surface area contributed by atoms with Gasteiger partial charge in [0.1, 0.15) is 95.2 Å². The number of rotatable bonds is 18. The number of amides is 2. The van der Waals surface area contributed by atoms with Crippen LogP contribution in [0.25, 0.3) is 22.3 Å². The SMILES string of the molecule is O=C(CS(=O)(=O)[C@H]1C(=O)N(c2ccccc2)[C@@H]1c1ccc(-c2ccc(C3O[C@H](CO)[C@@H](O)[C@H](O)[C@H]3O)cc2)cc1O)c1ccc(F)cc1.O=C(CS(=O)[C@H]1C(=O)N(c2ccccc2)[C@@H]1c1ccc(-c2ccc(C3O[C@H](CO)[C@@H](O)[C@H](O)[C@H]3O)cc2)cc1O)c1ccc(F)cc1. The number of hydrogen-bond donors (Lipinski definition) is 10. The number of ketones is 2. The van der Waals surface area contributed by atoms with Gasteiger partial charge in [-0.1, -0.05) is 109 Å². The van der Waals surface area contributed by atoms with Crippen LogP contribution in [-0.2, 0) is 39.7 Å². The van der Waals surface area contributed by atoms with Crippen LogP contribution in [0.1, 0.15) is 67.3 Å². The molecule has 0 bridgehead atoms. The largest absolute Gasteiger partial charge is 0.508 e. The Morgan fingerprint density at radius 3 is 1.27 bits per heavy atom. The minimum atomic E-state index is -4.41. The highest BCUT2D eigenvalue weighted by atomic mass is 32.2. The van der Waals surface area contributed by atoms with Crippen molar-refractivity contribution in [1.82, 2.24) is 0 Å². The molecular weight excluding hydrogens is 1270 g/mol. The Kier molecular flexibility index (Phi) is 20.1. The quantitative estimate of drug-likeness (QED) is 0.0386. The molecule has 15 atom stereocenters. The summed E-state index contributed by atoms with van der Waals surface area (Å²) in [5.74, 6) is -5.53. The van der Waals surface area contributed by atoms with E-state index in [1.807, 2.05) is 0 Å². The first kappa shape index (κ1) is 67.6. The summed E-state index contributed by atoms with van der Waals surface area (Å²) in [7, 11) is -6.37. The highest BCUT2D eigenvalue weighted by molar-refractivity contribution is 7.93. The normalized spacial score (nSPS) is 26.1. The fourth-order valence-electron chi connectivity index (χ4n) is 12.2. The summed E-state index contributed by atoms with van der Waals surface area (Å²) in [6, 6.07) is 47.1. The number of halogens is 2. The number of Topliss-reactive ketones (excluding diaryl/α,β-unsaturated/α-hetero) is 2. The molecule has 0 radical (unpaired) electrons. The molecule has 95 heavy (non-hydrogen) atoms. The Labute approximate surface area is 545 Å². The number of ether oxygens (including phenoxy) is 2. The zero-order valence-corrected chi connectivity index (χ0v) is 51.6. The molecule has 4 heterocycles. The van der Waals surface area contributed by atoms with Crippen molar-refractivity contribution in [2.24, 2.45) is 0 Å². The van der Waals surface area contributed by atoms with E-state index in [1.165, 1.54) is 52.3 Å². The van der Waals surface area contributed by atoms with Gasteiger partial charge >= 0.3 is 0 Å². The molecule has 10 N–H and O–H groups in total. The number of hydrogen-bond acceptors (Lipinski definition) is 19. The molecule has 12 rings (SSSR count). The van der Waals surface area contributed by atoms with E-state index in [2.05, 4.69) is 0 Å². The van der Waals surface area contributed by atoms with E-state index in [0.717, 1.165) is 24.3 Å². The van der Waals surface area contributed by atoms with Gasteiger partial charge in [0, 0.05) is 44.4 Å². The highest BCUT2D eigenvalue weighted by Crippen LogP contribution is 2.48. The van der Waals surface area contributed by atoms with E-state index in [9.17, 15) is 91.7 Å². The van der Waals surface area contributed by atoms with Crippen molar-refractivity contribution in [2.45, 2.75) is 83.6 Å². The predicted molar refractivity (Wildman–Crippen MR) is 342 cm³/mol. The molecule has 21 nitrogen and oxygen atoms in total. The monoisotopic (exact) mass is 1340 g/mol. The van der Waals surface area contributed by atoms with Crippen molar-refractivity contribution < 1.29 is 101 Å². The molecule has 0 spiro atoms. The maximum atomic E-state index is 13.6. The molecule has 4 aliphatic heterocycles. The van der Waals surface area contributed by atoms with Gasteiger partial charge in [-0.05, 0) is 118 Å². The van der Waals surface area contributed by atoms with Gasteiger partial charge < -0.3 is 70.3 Å². The van der Waals surface area contributed by atoms with E-state index in [-0.39, 0.29) is 28.2 Å². The first-order valence-electron chi connectivity index (χ1n) is 29.9. The van der Waals surface area contributed by atoms with Gasteiger partial charge in [-0.25, -0.2) is 17.2 Å². The number of phenolic OH excluding ortho intramolecular Hbond substituents is 2. The average molecular weight is 1340 g/mol. The molecule has 0 aromatic heterocycles. The molecule has 4 fully saturated rings. The molecule has 25 heteroatoms. The summed E-state index contributed by atoms with van der Waals surface area (Å²) in [5, 5.41) is 100. The average Bonchev–Trinajstić information content (AvgIpc) is 0.727. The molecule has 494 valence electrons. The van der Waals surface area contributed by atoms with Crippen LogP contribution in [0.2, 0.25) is 0 Å². The Balaban J connectivity index is 0.000000193. The number of benzene rings is 8. The van der Waals surface area contributed by atoms with Crippen LogP contribution in [0.3, 0.4) is 0 Å². The number of aliphatic hydroxyl groups is 8. The lowest BCUT2D eigenvalue weighted by Crippen LogP contribution is -2.63. The Hall–Kier alpha value is -8.80. The maximum Gasteiger partial charge on any atom is 0.248 e. The molecule has 0 saturated carbocycles. The Morgan fingerprint density at radius 2 is 0.863 bits per heavy atom. The van der Waals surface area contributed by atoms with E-state index in [1.54, 1.807) is 127 Å². The van der Waals surface area contributed by atoms with Crippen LogP contribution < -0.4 is 9.80 Å². The van der Waals surface area contributed by atoms with Crippen LogP contribution in [0.15, 0.2) is 194 Å². The smallest absolute Gasteiger partial charge is 0.248 e. The lowest BCUT2D eigenvalue weighted by molar-refractivity contribution is -0.231. The number of β-lactam (4-membered cyclic amide) rings is 2. The van der Waals surface area contributed by atoms with Gasteiger partial charge in [0.15, 0.2) is 26.7 Å². The minimum Gasteiger partial charge on any atom is -0.508 e. The summed E-state index contributed by atoms with van der Waals surface area (Å²) < 4.78 is 78.7.